The maximum atomic E-state index is 5.63. The van der Waals surface area contributed by atoms with Gasteiger partial charge in [-0.2, -0.15) is 0 Å². The van der Waals surface area contributed by atoms with Gasteiger partial charge in [0.25, 0.3) is 0 Å². The number of nitrogens with two attached hydrogens (primary N) is 1. The first kappa shape index (κ1) is 12.9. The van der Waals surface area contributed by atoms with E-state index in [4.69, 9.17) is 22.7 Å². The molecule has 0 aromatic carbocycles. The van der Waals surface area contributed by atoms with Crippen LogP contribution >= 0.6 is 12.2 Å². The lowest BCUT2D eigenvalue weighted by atomic mass is 9.98. The Balaban J connectivity index is 2.32. The molecule has 0 saturated carbocycles. The molecule has 0 aromatic heterocycles. The highest BCUT2D eigenvalue weighted by Crippen LogP contribution is 2.17. The van der Waals surface area contributed by atoms with Gasteiger partial charge in [0.2, 0.25) is 0 Å². The van der Waals surface area contributed by atoms with Crippen molar-refractivity contribution in [2.45, 2.75) is 19.8 Å². The van der Waals surface area contributed by atoms with Crippen LogP contribution in [0, 0.1) is 11.8 Å². The molecule has 2 unspecified atom stereocenters. The summed E-state index contributed by atoms with van der Waals surface area (Å²) in [5.74, 6) is 1.00. The van der Waals surface area contributed by atoms with E-state index in [1.807, 2.05) is 0 Å². The van der Waals surface area contributed by atoms with E-state index >= 15 is 0 Å². The van der Waals surface area contributed by atoms with Crippen molar-refractivity contribution in [3.63, 3.8) is 0 Å². The van der Waals surface area contributed by atoms with Crippen LogP contribution in [0.15, 0.2) is 0 Å². The van der Waals surface area contributed by atoms with Crippen LogP contribution in [0.2, 0.25) is 0 Å². The molecule has 1 heterocycles. The largest absolute Gasteiger partial charge is 0.393 e. The van der Waals surface area contributed by atoms with Gasteiger partial charge in [-0.1, -0.05) is 19.1 Å². The molecule has 1 fully saturated rings. The summed E-state index contributed by atoms with van der Waals surface area (Å²) in [6, 6.07) is 0. The second-order valence-electron chi connectivity index (χ2n) is 4.53. The number of rotatable bonds is 5. The minimum atomic E-state index is 0.321. The molecule has 1 saturated heterocycles. The van der Waals surface area contributed by atoms with Crippen LogP contribution in [-0.4, -0.2) is 43.2 Å². The third-order valence-corrected chi connectivity index (χ3v) is 3.43. The summed E-state index contributed by atoms with van der Waals surface area (Å²) in [6.07, 6.45) is 2.55. The Morgan fingerprint density at radius 3 is 3.00 bits per heavy atom. The summed E-state index contributed by atoms with van der Waals surface area (Å²) in [5.41, 5.74) is 5.63. The first-order valence-electron chi connectivity index (χ1n) is 5.64. The van der Waals surface area contributed by atoms with Crippen LogP contribution in [0.3, 0.4) is 0 Å². The summed E-state index contributed by atoms with van der Waals surface area (Å²) in [7, 11) is 1.77. The summed E-state index contributed by atoms with van der Waals surface area (Å²) < 4.78 is 5.20. The van der Waals surface area contributed by atoms with Crippen molar-refractivity contribution in [2.75, 3.05) is 33.4 Å². The summed E-state index contributed by atoms with van der Waals surface area (Å²) >= 11 is 4.99. The molecule has 15 heavy (non-hydrogen) atoms. The molecule has 1 rings (SSSR count). The molecule has 0 amide bonds. The minimum absolute atomic E-state index is 0.321. The lowest BCUT2D eigenvalue weighted by Crippen LogP contribution is -2.41. The molecule has 0 bridgehead atoms. The van der Waals surface area contributed by atoms with Gasteiger partial charge in [0.05, 0.1) is 11.6 Å². The topological polar surface area (TPSA) is 38.5 Å². The SMILES string of the molecule is COCC1CCCN(CC(C)C(N)=S)C1. The van der Waals surface area contributed by atoms with Crippen molar-refractivity contribution < 1.29 is 4.74 Å². The molecule has 0 aromatic rings. The van der Waals surface area contributed by atoms with E-state index in [9.17, 15) is 0 Å². The Hall–Kier alpha value is -0.190. The number of nitrogens with zero attached hydrogens (tertiary/aromatic N) is 1. The molecule has 1 aliphatic rings. The van der Waals surface area contributed by atoms with Gasteiger partial charge in [0.15, 0.2) is 0 Å². The Morgan fingerprint density at radius 2 is 2.40 bits per heavy atom. The lowest BCUT2D eigenvalue weighted by molar-refractivity contribution is 0.0879. The zero-order chi connectivity index (χ0) is 11.3. The monoisotopic (exact) mass is 230 g/mol. The summed E-state index contributed by atoms with van der Waals surface area (Å²) in [6.45, 7) is 6.27. The van der Waals surface area contributed by atoms with Gasteiger partial charge >= 0.3 is 0 Å². The normalized spacial score (nSPS) is 25.1. The van der Waals surface area contributed by atoms with E-state index in [1.54, 1.807) is 7.11 Å². The van der Waals surface area contributed by atoms with Crippen LogP contribution in [0.1, 0.15) is 19.8 Å². The maximum absolute atomic E-state index is 5.63. The number of ether oxygens (including phenoxy) is 1. The number of likely N-dealkylation sites (tertiary alicyclic amines) is 1. The molecule has 2 N–H and O–H groups in total. The average Bonchev–Trinajstić information content (AvgIpc) is 2.18. The molecular formula is C11H22N2OS. The van der Waals surface area contributed by atoms with Gasteiger partial charge in [0.1, 0.15) is 0 Å². The minimum Gasteiger partial charge on any atom is -0.393 e. The zero-order valence-electron chi connectivity index (χ0n) is 9.74. The molecule has 3 nitrogen and oxygen atoms in total. The second kappa shape index (κ2) is 6.40. The van der Waals surface area contributed by atoms with Crippen molar-refractivity contribution in [1.29, 1.82) is 0 Å². The number of hydrogen-bond acceptors (Lipinski definition) is 3. The number of thiocarbonyl (C=S) groups is 1. The Morgan fingerprint density at radius 1 is 1.67 bits per heavy atom. The van der Waals surface area contributed by atoms with Crippen LogP contribution in [0.5, 0.6) is 0 Å². The third-order valence-electron chi connectivity index (χ3n) is 3.02. The summed E-state index contributed by atoms with van der Waals surface area (Å²) in [5, 5.41) is 0. The average molecular weight is 230 g/mol. The number of methoxy groups -OCH3 is 1. The van der Waals surface area contributed by atoms with Gasteiger partial charge in [-0.15, -0.1) is 0 Å². The van der Waals surface area contributed by atoms with Gasteiger partial charge in [0, 0.05) is 26.1 Å². The summed E-state index contributed by atoms with van der Waals surface area (Å²) in [4.78, 5) is 3.08. The van der Waals surface area contributed by atoms with Gasteiger partial charge in [-0.3, -0.25) is 0 Å². The molecule has 88 valence electrons. The van der Waals surface area contributed by atoms with Crippen LogP contribution in [0.4, 0.5) is 0 Å². The quantitative estimate of drug-likeness (QED) is 0.722. The predicted octanol–water partition coefficient (Wildman–Crippen LogP) is 1.27. The van der Waals surface area contributed by atoms with Crippen molar-refractivity contribution in [3.8, 4) is 0 Å². The second-order valence-corrected chi connectivity index (χ2v) is 5.00. The molecule has 1 aliphatic heterocycles. The Bertz CT molecular complexity index is 209. The van der Waals surface area contributed by atoms with E-state index < -0.39 is 0 Å². The molecule has 2 atom stereocenters. The first-order chi connectivity index (χ1) is 7.13. The smallest absolute Gasteiger partial charge is 0.0768 e. The van der Waals surface area contributed by atoms with Crippen molar-refractivity contribution in [3.05, 3.63) is 0 Å². The van der Waals surface area contributed by atoms with Crippen molar-refractivity contribution >= 4 is 17.2 Å². The first-order valence-corrected chi connectivity index (χ1v) is 6.05. The Labute approximate surface area is 98.0 Å². The molecule has 0 radical (unpaired) electrons. The van der Waals surface area contributed by atoms with Crippen molar-refractivity contribution in [2.24, 2.45) is 17.6 Å². The van der Waals surface area contributed by atoms with Crippen LogP contribution < -0.4 is 5.73 Å². The molecule has 0 spiro atoms. The van der Waals surface area contributed by atoms with Crippen LogP contribution in [-0.2, 0) is 4.74 Å². The van der Waals surface area contributed by atoms with E-state index in [-0.39, 0.29) is 0 Å². The van der Waals surface area contributed by atoms with E-state index in [0.29, 0.717) is 16.8 Å². The van der Waals surface area contributed by atoms with Gasteiger partial charge < -0.3 is 15.4 Å². The third kappa shape index (κ3) is 4.45. The highest BCUT2D eigenvalue weighted by molar-refractivity contribution is 7.80. The van der Waals surface area contributed by atoms with E-state index in [1.165, 1.54) is 19.4 Å². The van der Waals surface area contributed by atoms with Gasteiger partial charge in [-0.25, -0.2) is 0 Å². The Kier molecular flexibility index (Phi) is 5.50. The fraction of sp³-hybridized carbons (Fsp3) is 0.909. The van der Waals surface area contributed by atoms with E-state index in [0.717, 1.165) is 19.7 Å². The standard InChI is InChI=1S/C11H22N2OS/c1-9(11(12)15)6-13-5-3-4-10(7-13)8-14-2/h9-10H,3-8H2,1-2H3,(H2,12,15). The molecule has 0 aliphatic carbocycles. The molecule has 4 heteroatoms. The maximum Gasteiger partial charge on any atom is 0.0768 e. The van der Waals surface area contributed by atoms with Gasteiger partial charge in [-0.05, 0) is 25.3 Å². The van der Waals surface area contributed by atoms with E-state index in [2.05, 4.69) is 11.8 Å². The van der Waals surface area contributed by atoms with Crippen molar-refractivity contribution in [1.82, 2.24) is 4.90 Å². The number of hydrogen-bond donors (Lipinski definition) is 1. The highest BCUT2D eigenvalue weighted by atomic mass is 32.1. The predicted molar refractivity (Wildman–Crippen MR) is 67.0 cm³/mol. The fourth-order valence-electron chi connectivity index (χ4n) is 2.17. The lowest BCUT2D eigenvalue weighted by Gasteiger charge is -2.33. The fourth-order valence-corrected chi connectivity index (χ4v) is 2.24. The molecular weight excluding hydrogens is 208 g/mol. The number of piperidine rings is 1. The van der Waals surface area contributed by atoms with Crippen LogP contribution in [0.25, 0.3) is 0 Å². The highest BCUT2D eigenvalue weighted by Gasteiger charge is 2.21. The zero-order valence-corrected chi connectivity index (χ0v) is 10.6.